The van der Waals surface area contributed by atoms with E-state index in [-0.39, 0.29) is 17.2 Å². The SMILES string of the molecule is O=C(Nc1ccccc1-c1ccccc1)c1cccc(=O)[nH]1. The van der Waals surface area contributed by atoms with Crippen molar-refractivity contribution in [3.63, 3.8) is 0 Å². The fourth-order valence-corrected chi connectivity index (χ4v) is 2.23. The van der Waals surface area contributed by atoms with Crippen LogP contribution in [0.15, 0.2) is 77.6 Å². The van der Waals surface area contributed by atoms with Crippen molar-refractivity contribution < 1.29 is 4.79 Å². The lowest BCUT2D eigenvalue weighted by Gasteiger charge is -2.11. The summed E-state index contributed by atoms with van der Waals surface area (Å²) in [6, 6.07) is 21.8. The molecule has 0 fully saturated rings. The molecule has 4 nitrogen and oxygen atoms in total. The molecule has 3 rings (SSSR count). The quantitative estimate of drug-likeness (QED) is 0.777. The lowest BCUT2D eigenvalue weighted by molar-refractivity contribution is 0.102. The summed E-state index contributed by atoms with van der Waals surface area (Å²) in [5.41, 5.74) is 2.57. The average molecular weight is 290 g/mol. The van der Waals surface area contributed by atoms with Crippen LogP contribution in [0.25, 0.3) is 11.1 Å². The van der Waals surface area contributed by atoms with Gasteiger partial charge >= 0.3 is 0 Å². The number of pyridine rings is 1. The second-order valence-corrected chi connectivity index (χ2v) is 4.79. The van der Waals surface area contributed by atoms with Crippen molar-refractivity contribution in [1.82, 2.24) is 4.98 Å². The van der Waals surface area contributed by atoms with Gasteiger partial charge in [0.1, 0.15) is 5.69 Å². The van der Waals surface area contributed by atoms with E-state index in [1.54, 1.807) is 12.1 Å². The molecular weight excluding hydrogens is 276 g/mol. The van der Waals surface area contributed by atoms with Crippen molar-refractivity contribution in [3.05, 3.63) is 88.8 Å². The van der Waals surface area contributed by atoms with Crippen LogP contribution < -0.4 is 10.9 Å². The van der Waals surface area contributed by atoms with Gasteiger partial charge in [-0.3, -0.25) is 9.59 Å². The Kier molecular flexibility index (Phi) is 3.83. The Bertz CT molecular complexity index is 854. The van der Waals surface area contributed by atoms with Crippen LogP contribution in [0.3, 0.4) is 0 Å². The summed E-state index contributed by atoms with van der Waals surface area (Å²) in [6.45, 7) is 0. The maximum atomic E-state index is 12.3. The third kappa shape index (κ3) is 2.96. The first-order valence-corrected chi connectivity index (χ1v) is 6.89. The van der Waals surface area contributed by atoms with Crippen molar-refractivity contribution in [2.75, 3.05) is 5.32 Å². The predicted molar refractivity (Wildman–Crippen MR) is 86.9 cm³/mol. The summed E-state index contributed by atoms with van der Waals surface area (Å²) in [6.07, 6.45) is 0. The van der Waals surface area contributed by atoms with Crippen LogP contribution in [-0.4, -0.2) is 10.9 Å². The number of para-hydroxylation sites is 1. The smallest absolute Gasteiger partial charge is 0.272 e. The topological polar surface area (TPSA) is 62.0 Å². The molecular formula is C18H14N2O2. The van der Waals surface area contributed by atoms with E-state index in [2.05, 4.69) is 10.3 Å². The van der Waals surface area contributed by atoms with Crippen LogP contribution in [0.4, 0.5) is 5.69 Å². The molecule has 0 saturated carbocycles. The summed E-state index contributed by atoms with van der Waals surface area (Å²) in [4.78, 5) is 26.1. The first-order chi connectivity index (χ1) is 10.7. The summed E-state index contributed by atoms with van der Waals surface area (Å²) >= 11 is 0. The van der Waals surface area contributed by atoms with Gasteiger partial charge in [-0.2, -0.15) is 0 Å². The molecule has 22 heavy (non-hydrogen) atoms. The molecule has 0 bridgehead atoms. The van der Waals surface area contributed by atoms with Crippen LogP contribution in [0, 0.1) is 0 Å². The van der Waals surface area contributed by atoms with Crippen LogP contribution in [0.2, 0.25) is 0 Å². The fraction of sp³-hybridized carbons (Fsp3) is 0. The highest BCUT2D eigenvalue weighted by molar-refractivity contribution is 6.05. The number of anilines is 1. The molecule has 108 valence electrons. The third-order valence-electron chi connectivity index (χ3n) is 3.27. The minimum atomic E-state index is -0.346. The number of H-pyrrole nitrogens is 1. The van der Waals surface area contributed by atoms with Gasteiger partial charge in [-0.15, -0.1) is 0 Å². The molecule has 0 aliphatic rings. The lowest BCUT2D eigenvalue weighted by Crippen LogP contribution is -2.18. The van der Waals surface area contributed by atoms with Crippen molar-refractivity contribution in [3.8, 4) is 11.1 Å². The summed E-state index contributed by atoms with van der Waals surface area (Å²) in [5, 5.41) is 2.84. The minimum Gasteiger partial charge on any atom is -0.320 e. The molecule has 2 N–H and O–H groups in total. The maximum Gasteiger partial charge on any atom is 0.272 e. The minimum absolute atomic E-state index is 0.232. The number of hydrogen-bond acceptors (Lipinski definition) is 2. The molecule has 1 aromatic heterocycles. The molecule has 1 amide bonds. The van der Waals surface area contributed by atoms with Crippen LogP contribution in [0.5, 0.6) is 0 Å². The van der Waals surface area contributed by atoms with Crippen molar-refractivity contribution in [1.29, 1.82) is 0 Å². The van der Waals surface area contributed by atoms with E-state index < -0.39 is 0 Å². The van der Waals surface area contributed by atoms with E-state index in [0.29, 0.717) is 5.69 Å². The van der Waals surface area contributed by atoms with Gasteiger partial charge < -0.3 is 10.3 Å². The molecule has 1 heterocycles. The molecule has 0 radical (unpaired) electrons. The van der Waals surface area contributed by atoms with Crippen LogP contribution in [-0.2, 0) is 0 Å². The van der Waals surface area contributed by atoms with Gasteiger partial charge in [-0.25, -0.2) is 0 Å². The van der Waals surface area contributed by atoms with Gasteiger partial charge in [0.2, 0.25) is 5.56 Å². The predicted octanol–water partition coefficient (Wildman–Crippen LogP) is 3.29. The number of nitrogens with one attached hydrogen (secondary N) is 2. The van der Waals surface area contributed by atoms with Gasteiger partial charge in [-0.1, -0.05) is 54.6 Å². The molecule has 2 aromatic carbocycles. The second kappa shape index (κ2) is 6.10. The maximum absolute atomic E-state index is 12.3. The molecule has 0 aliphatic heterocycles. The van der Waals surface area contributed by atoms with Gasteiger partial charge in [0.05, 0.1) is 0 Å². The Balaban J connectivity index is 1.93. The standard InChI is InChI=1S/C18H14N2O2/c21-17-12-6-11-16(19-17)18(22)20-15-10-5-4-9-14(15)13-7-2-1-3-8-13/h1-12H,(H,19,21)(H,20,22). The number of hydrogen-bond donors (Lipinski definition) is 2. The van der Waals surface area contributed by atoms with Gasteiger partial charge in [0.25, 0.3) is 5.91 Å². The molecule has 0 atom stereocenters. The number of carbonyl (C=O) groups excluding carboxylic acids is 1. The fourth-order valence-electron chi connectivity index (χ4n) is 2.23. The van der Waals surface area contributed by atoms with E-state index in [0.717, 1.165) is 11.1 Å². The highest BCUT2D eigenvalue weighted by Crippen LogP contribution is 2.27. The molecule has 3 aromatic rings. The summed E-state index contributed by atoms with van der Waals surface area (Å²) in [5.74, 6) is -0.346. The van der Waals surface area contributed by atoms with Gasteiger partial charge in [-0.05, 0) is 17.7 Å². The number of amides is 1. The Labute approximate surface area is 127 Å². The summed E-state index contributed by atoms with van der Waals surface area (Å²) < 4.78 is 0. The zero-order valence-electron chi connectivity index (χ0n) is 11.7. The zero-order chi connectivity index (χ0) is 15.4. The number of benzene rings is 2. The third-order valence-corrected chi connectivity index (χ3v) is 3.27. The van der Waals surface area contributed by atoms with Crippen LogP contribution >= 0.6 is 0 Å². The Morgan fingerprint density at radius 1 is 0.818 bits per heavy atom. The first kappa shape index (κ1) is 13.8. The first-order valence-electron chi connectivity index (χ1n) is 6.89. The van der Waals surface area contributed by atoms with Crippen molar-refractivity contribution in [2.45, 2.75) is 0 Å². The number of aromatic amines is 1. The largest absolute Gasteiger partial charge is 0.320 e. The van der Waals surface area contributed by atoms with E-state index in [9.17, 15) is 9.59 Å². The van der Waals surface area contributed by atoms with Crippen molar-refractivity contribution >= 4 is 11.6 Å². The average Bonchev–Trinajstić information content (AvgIpc) is 2.56. The van der Waals surface area contributed by atoms with Gasteiger partial charge in [0, 0.05) is 17.3 Å². The van der Waals surface area contributed by atoms with E-state index >= 15 is 0 Å². The Morgan fingerprint density at radius 2 is 1.55 bits per heavy atom. The van der Waals surface area contributed by atoms with E-state index in [1.807, 2.05) is 54.6 Å². The highest BCUT2D eigenvalue weighted by Gasteiger charge is 2.10. The lowest BCUT2D eigenvalue weighted by atomic mass is 10.0. The molecule has 0 unspecified atom stereocenters. The van der Waals surface area contributed by atoms with Crippen molar-refractivity contribution in [2.24, 2.45) is 0 Å². The van der Waals surface area contributed by atoms with E-state index in [4.69, 9.17) is 0 Å². The Morgan fingerprint density at radius 3 is 2.32 bits per heavy atom. The second-order valence-electron chi connectivity index (χ2n) is 4.79. The molecule has 0 aliphatic carbocycles. The molecule has 4 heteroatoms. The highest BCUT2D eigenvalue weighted by atomic mass is 16.2. The van der Waals surface area contributed by atoms with E-state index in [1.165, 1.54) is 6.07 Å². The zero-order valence-corrected chi connectivity index (χ0v) is 11.7. The molecule has 0 spiro atoms. The number of carbonyl (C=O) groups is 1. The normalized spacial score (nSPS) is 10.2. The van der Waals surface area contributed by atoms with Gasteiger partial charge in [0.15, 0.2) is 0 Å². The Hall–Kier alpha value is -3.14. The molecule has 0 saturated heterocycles. The van der Waals surface area contributed by atoms with Crippen LogP contribution in [0.1, 0.15) is 10.5 Å². The number of aromatic nitrogens is 1. The summed E-state index contributed by atoms with van der Waals surface area (Å²) in [7, 11) is 0. The monoisotopic (exact) mass is 290 g/mol. The number of rotatable bonds is 3.